The largest absolute Gasteiger partial charge is 0.489 e. The molecule has 0 radical (unpaired) electrons. The van der Waals surface area contributed by atoms with Gasteiger partial charge in [-0.1, -0.05) is 78.0 Å². The molecule has 2 aromatic rings. The molecule has 0 amide bonds. The van der Waals surface area contributed by atoms with E-state index in [0.717, 1.165) is 28.0 Å². The first-order valence-electron chi connectivity index (χ1n) is 15.2. The Morgan fingerprint density at radius 3 is 2.00 bits per heavy atom. The average molecular weight is 611 g/mol. The lowest BCUT2D eigenvalue weighted by molar-refractivity contribution is -0.137. The second kappa shape index (κ2) is 15.9. The summed E-state index contributed by atoms with van der Waals surface area (Å²) < 4.78 is 24.8. The monoisotopic (exact) mass is 610 g/mol. The summed E-state index contributed by atoms with van der Waals surface area (Å²) in [6.45, 7) is 27.1. The van der Waals surface area contributed by atoms with Crippen LogP contribution < -0.4 is 4.74 Å². The van der Waals surface area contributed by atoms with Crippen molar-refractivity contribution in [2.45, 2.75) is 100 Å². The lowest BCUT2D eigenvalue weighted by atomic mass is 9.77. The topological polar surface area (TPSA) is 54.0 Å². The molecule has 0 fully saturated rings. The quantitative estimate of drug-likeness (QED) is 0.0981. The van der Waals surface area contributed by atoms with Gasteiger partial charge >= 0.3 is 5.97 Å². The van der Waals surface area contributed by atoms with E-state index in [9.17, 15) is 4.79 Å². The molecule has 2 unspecified atom stereocenters. The van der Waals surface area contributed by atoms with Crippen molar-refractivity contribution < 1.29 is 23.1 Å². The standard InChI is InChI=1S/C35H54O5Si2/c1-13-37-31(36)19-14-16-25(2)27-18-15-17-26(22-27)24-38-28-20-21-29(32(34(3,4)5)39-41(9)10)30(23-28)33(35(6,7)8)40-42(11)12/h14-23,32-33,41-42H,13,24H2,1-12H3/b19-14+,25-16-. The van der Waals surface area contributed by atoms with E-state index in [-0.39, 0.29) is 29.0 Å². The summed E-state index contributed by atoms with van der Waals surface area (Å²) in [5.74, 6) is 0.483. The number of hydrogen-bond acceptors (Lipinski definition) is 5. The molecule has 2 atom stereocenters. The van der Waals surface area contributed by atoms with Gasteiger partial charge in [-0.15, -0.1) is 0 Å². The molecule has 0 saturated heterocycles. The van der Waals surface area contributed by atoms with E-state index in [4.69, 9.17) is 18.3 Å². The van der Waals surface area contributed by atoms with E-state index < -0.39 is 18.1 Å². The average Bonchev–Trinajstić information content (AvgIpc) is 2.88. The Hall–Kier alpha value is -2.46. The molecule has 7 heteroatoms. The fourth-order valence-electron chi connectivity index (χ4n) is 4.77. The molecule has 0 N–H and O–H groups in total. The Balaban J connectivity index is 2.43. The SMILES string of the molecule is CCOC(=O)/C=C/C=C(/C)c1cccc(COc2ccc(C(O[SiH](C)C)C(C)(C)C)c(C(O[SiH](C)C)C(C)(C)C)c2)c1. The fourth-order valence-corrected chi connectivity index (χ4v) is 6.97. The van der Waals surface area contributed by atoms with Crippen LogP contribution in [0.3, 0.4) is 0 Å². The van der Waals surface area contributed by atoms with Crippen molar-refractivity contribution >= 4 is 29.6 Å². The van der Waals surface area contributed by atoms with E-state index in [1.807, 2.05) is 19.1 Å². The van der Waals surface area contributed by atoms with Gasteiger partial charge in [0, 0.05) is 6.08 Å². The van der Waals surface area contributed by atoms with Crippen LogP contribution in [0.15, 0.2) is 60.7 Å². The van der Waals surface area contributed by atoms with E-state index in [1.165, 1.54) is 11.6 Å². The number of carbonyl (C=O) groups is 1. The number of allylic oxidation sites excluding steroid dienone is 3. The predicted molar refractivity (Wildman–Crippen MR) is 181 cm³/mol. The Morgan fingerprint density at radius 1 is 0.857 bits per heavy atom. The Morgan fingerprint density at radius 2 is 1.45 bits per heavy atom. The number of carbonyl (C=O) groups excluding carboxylic acids is 1. The minimum Gasteiger partial charge on any atom is -0.489 e. The second-order valence-electron chi connectivity index (χ2n) is 13.6. The van der Waals surface area contributed by atoms with E-state index in [0.29, 0.717) is 13.2 Å². The molecular formula is C35H54O5Si2. The summed E-state index contributed by atoms with van der Waals surface area (Å²) in [6.07, 6.45) is 4.99. The van der Waals surface area contributed by atoms with Gasteiger partial charge in [-0.2, -0.15) is 0 Å². The highest BCUT2D eigenvalue weighted by molar-refractivity contribution is 6.48. The minimum atomic E-state index is -1.34. The Bertz CT molecular complexity index is 1220. The first kappa shape index (κ1) is 35.7. The fraction of sp³-hybridized carbons (Fsp3) is 0.514. The van der Waals surface area contributed by atoms with Gasteiger partial charge in [0.15, 0.2) is 18.1 Å². The van der Waals surface area contributed by atoms with Crippen molar-refractivity contribution in [3.8, 4) is 5.75 Å². The van der Waals surface area contributed by atoms with Crippen molar-refractivity contribution in [2.75, 3.05) is 6.61 Å². The van der Waals surface area contributed by atoms with E-state index in [1.54, 1.807) is 13.0 Å². The van der Waals surface area contributed by atoms with Crippen LogP contribution in [0.2, 0.25) is 26.2 Å². The van der Waals surface area contributed by atoms with Crippen LogP contribution in [0, 0.1) is 10.8 Å². The molecule has 0 aliphatic heterocycles. The molecule has 0 spiro atoms. The lowest BCUT2D eigenvalue weighted by Gasteiger charge is -2.39. The summed E-state index contributed by atoms with van der Waals surface area (Å²) in [6, 6.07) is 14.7. The molecular weight excluding hydrogens is 557 g/mol. The number of esters is 1. The molecule has 0 aromatic heterocycles. The van der Waals surface area contributed by atoms with Gasteiger partial charge in [-0.05, 0) is 96.9 Å². The van der Waals surface area contributed by atoms with Crippen LogP contribution in [0.1, 0.15) is 89.9 Å². The lowest BCUT2D eigenvalue weighted by Crippen LogP contribution is -2.31. The maximum Gasteiger partial charge on any atom is 0.330 e. The molecule has 2 aromatic carbocycles. The van der Waals surface area contributed by atoms with Crippen LogP contribution in [0.4, 0.5) is 0 Å². The van der Waals surface area contributed by atoms with Gasteiger partial charge in [0.05, 0.1) is 18.8 Å². The molecule has 0 aliphatic rings. The number of ether oxygens (including phenoxy) is 2. The van der Waals surface area contributed by atoms with Crippen LogP contribution in [-0.2, 0) is 25.0 Å². The zero-order valence-corrected chi connectivity index (χ0v) is 30.3. The molecule has 232 valence electrons. The van der Waals surface area contributed by atoms with Gasteiger partial charge in [0.1, 0.15) is 12.4 Å². The molecule has 0 bridgehead atoms. The maximum atomic E-state index is 11.6. The third-order valence-electron chi connectivity index (χ3n) is 6.67. The molecule has 0 heterocycles. The molecule has 0 aliphatic carbocycles. The smallest absolute Gasteiger partial charge is 0.330 e. The highest BCUT2D eigenvalue weighted by Gasteiger charge is 2.36. The summed E-state index contributed by atoms with van der Waals surface area (Å²) in [5, 5.41) is 0. The highest BCUT2D eigenvalue weighted by Crippen LogP contribution is 2.46. The first-order valence-corrected chi connectivity index (χ1v) is 20.8. The third-order valence-corrected chi connectivity index (χ3v) is 8.30. The van der Waals surface area contributed by atoms with E-state index in [2.05, 4.69) is 104 Å². The molecule has 5 nitrogen and oxygen atoms in total. The number of rotatable bonds is 13. The molecule has 0 saturated carbocycles. The van der Waals surface area contributed by atoms with Gasteiger partial charge in [-0.25, -0.2) is 4.79 Å². The minimum absolute atomic E-state index is 0.0279. The van der Waals surface area contributed by atoms with Crippen molar-refractivity contribution in [3.63, 3.8) is 0 Å². The van der Waals surface area contributed by atoms with Crippen molar-refractivity contribution in [1.82, 2.24) is 0 Å². The second-order valence-corrected chi connectivity index (χ2v) is 18.3. The van der Waals surface area contributed by atoms with Gasteiger partial charge in [0.2, 0.25) is 0 Å². The van der Waals surface area contributed by atoms with Crippen molar-refractivity contribution in [3.05, 3.63) is 82.9 Å². The predicted octanol–water partition coefficient (Wildman–Crippen LogP) is 8.96. The van der Waals surface area contributed by atoms with Crippen molar-refractivity contribution in [1.29, 1.82) is 0 Å². The maximum absolute atomic E-state index is 11.6. The van der Waals surface area contributed by atoms with Crippen LogP contribution in [-0.4, -0.2) is 30.7 Å². The van der Waals surface area contributed by atoms with E-state index >= 15 is 0 Å². The van der Waals surface area contributed by atoms with Crippen molar-refractivity contribution in [2.24, 2.45) is 10.8 Å². The molecule has 42 heavy (non-hydrogen) atoms. The first-order chi connectivity index (χ1) is 19.5. The Labute approximate surface area is 258 Å². The van der Waals surface area contributed by atoms with Gasteiger partial charge < -0.3 is 18.3 Å². The zero-order chi connectivity index (χ0) is 31.7. The Kier molecular flexibility index (Phi) is 13.5. The van der Waals surface area contributed by atoms with Gasteiger partial charge in [0.25, 0.3) is 0 Å². The normalized spacial score (nSPS) is 14.5. The summed E-state index contributed by atoms with van der Waals surface area (Å²) >= 11 is 0. The number of hydrogen-bond donors (Lipinski definition) is 0. The zero-order valence-electron chi connectivity index (χ0n) is 28.0. The summed E-state index contributed by atoms with van der Waals surface area (Å²) in [4.78, 5) is 11.6. The summed E-state index contributed by atoms with van der Waals surface area (Å²) in [5.41, 5.74) is 5.40. The molecule has 2 rings (SSSR count). The van der Waals surface area contributed by atoms with Crippen LogP contribution >= 0.6 is 0 Å². The number of benzene rings is 2. The third kappa shape index (κ3) is 11.3. The van der Waals surface area contributed by atoms with Crippen LogP contribution in [0.25, 0.3) is 5.57 Å². The summed E-state index contributed by atoms with van der Waals surface area (Å²) in [7, 11) is -2.66. The highest BCUT2D eigenvalue weighted by atomic mass is 28.3. The van der Waals surface area contributed by atoms with Crippen LogP contribution in [0.5, 0.6) is 5.75 Å². The van der Waals surface area contributed by atoms with Gasteiger partial charge in [-0.3, -0.25) is 0 Å².